The Balaban J connectivity index is 2.90. The first kappa shape index (κ1) is 17.6. The molecule has 0 N–H and O–H groups in total. The Labute approximate surface area is 130 Å². The highest BCUT2D eigenvalue weighted by atomic mass is 16.2. The first-order valence-electron chi connectivity index (χ1n) is 6.89. The van der Waals surface area contributed by atoms with E-state index in [1.165, 1.54) is 11.1 Å². The molecule has 6 nitrogen and oxygen atoms in total. The second-order valence-corrected chi connectivity index (χ2v) is 4.66. The molecule has 0 saturated carbocycles. The average Bonchev–Trinajstić information content (AvgIpc) is 2.51. The maximum absolute atomic E-state index is 12.3. The molecule has 1 rings (SSSR count). The van der Waals surface area contributed by atoms with Crippen LogP contribution in [0.5, 0.6) is 0 Å². The van der Waals surface area contributed by atoms with Crippen LogP contribution in [0.2, 0.25) is 0 Å². The van der Waals surface area contributed by atoms with E-state index in [1.54, 1.807) is 38.4 Å². The maximum Gasteiger partial charge on any atom is 0.341 e. The number of imide groups is 1. The molecular formula is C16H20N3O3. The molecule has 117 valence electrons. The van der Waals surface area contributed by atoms with Gasteiger partial charge in [-0.1, -0.05) is 30.3 Å². The molecule has 0 aromatic heterocycles. The van der Waals surface area contributed by atoms with Crippen LogP contribution < -0.4 is 0 Å². The summed E-state index contributed by atoms with van der Waals surface area (Å²) in [6, 6.07) is 8.67. The normalized spacial score (nSPS) is 10.7. The van der Waals surface area contributed by atoms with Crippen molar-refractivity contribution in [1.82, 2.24) is 14.9 Å². The number of carbonyl (C=O) groups is 2. The number of hydrogen-bond acceptors (Lipinski definition) is 4. The SMILES string of the molecule is CCN(C(=O)N(C[C]=O)C(=O)C=Cc1ccccc1)N(C)C. The summed E-state index contributed by atoms with van der Waals surface area (Å²) in [6.45, 7) is 1.77. The quantitative estimate of drug-likeness (QED) is 0.591. The summed E-state index contributed by atoms with van der Waals surface area (Å²) in [5.74, 6) is -0.558. The number of hydrogen-bond donors (Lipinski definition) is 0. The summed E-state index contributed by atoms with van der Waals surface area (Å²) in [4.78, 5) is 36.0. The fourth-order valence-electron chi connectivity index (χ4n) is 1.85. The predicted molar refractivity (Wildman–Crippen MR) is 84.3 cm³/mol. The molecule has 0 bridgehead atoms. The minimum atomic E-state index is -0.558. The third-order valence-corrected chi connectivity index (χ3v) is 2.94. The minimum Gasteiger partial charge on any atom is -0.289 e. The Morgan fingerprint density at radius 2 is 1.82 bits per heavy atom. The smallest absolute Gasteiger partial charge is 0.289 e. The van der Waals surface area contributed by atoms with Crippen molar-refractivity contribution >= 4 is 24.3 Å². The zero-order valence-electron chi connectivity index (χ0n) is 13.0. The van der Waals surface area contributed by atoms with Gasteiger partial charge in [0.1, 0.15) is 0 Å². The largest absolute Gasteiger partial charge is 0.341 e. The van der Waals surface area contributed by atoms with Gasteiger partial charge in [0.05, 0.1) is 6.54 Å². The number of rotatable bonds is 6. The van der Waals surface area contributed by atoms with Gasteiger partial charge in [-0.15, -0.1) is 0 Å². The molecule has 0 atom stereocenters. The first-order valence-corrected chi connectivity index (χ1v) is 6.89. The van der Waals surface area contributed by atoms with Crippen LogP contribution in [-0.2, 0) is 9.59 Å². The van der Waals surface area contributed by atoms with Gasteiger partial charge in [-0.3, -0.25) is 19.5 Å². The molecule has 0 fully saturated rings. The van der Waals surface area contributed by atoms with Crippen molar-refractivity contribution in [3.8, 4) is 0 Å². The second-order valence-electron chi connectivity index (χ2n) is 4.66. The van der Waals surface area contributed by atoms with Crippen LogP contribution in [-0.4, -0.2) is 60.3 Å². The van der Waals surface area contributed by atoms with Gasteiger partial charge >= 0.3 is 6.03 Å². The molecule has 1 radical (unpaired) electrons. The van der Waals surface area contributed by atoms with Crippen LogP contribution in [0, 0.1) is 0 Å². The van der Waals surface area contributed by atoms with E-state index in [0.29, 0.717) is 6.54 Å². The van der Waals surface area contributed by atoms with Crippen LogP contribution >= 0.6 is 0 Å². The van der Waals surface area contributed by atoms with Crippen LogP contribution in [0.15, 0.2) is 36.4 Å². The number of urea groups is 1. The molecule has 0 aliphatic rings. The van der Waals surface area contributed by atoms with Gasteiger partial charge in [0.25, 0.3) is 5.91 Å². The third-order valence-electron chi connectivity index (χ3n) is 2.94. The highest BCUT2D eigenvalue weighted by molar-refractivity contribution is 6.03. The number of carbonyl (C=O) groups excluding carboxylic acids is 3. The Morgan fingerprint density at radius 1 is 1.18 bits per heavy atom. The van der Waals surface area contributed by atoms with E-state index in [1.807, 2.05) is 30.3 Å². The Hall–Kier alpha value is -2.47. The van der Waals surface area contributed by atoms with Crippen LogP contribution in [0.4, 0.5) is 4.79 Å². The van der Waals surface area contributed by atoms with Crippen LogP contribution in [0.3, 0.4) is 0 Å². The highest BCUT2D eigenvalue weighted by Crippen LogP contribution is 2.05. The number of benzene rings is 1. The lowest BCUT2D eigenvalue weighted by Crippen LogP contribution is -2.51. The summed E-state index contributed by atoms with van der Waals surface area (Å²) in [5, 5.41) is 2.92. The molecule has 1 aromatic carbocycles. The Morgan fingerprint density at radius 3 is 2.32 bits per heavy atom. The van der Waals surface area contributed by atoms with Gasteiger partial charge in [0.15, 0.2) is 0 Å². The molecule has 3 amide bonds. The summed E-state index contributed by atoms with van der Waals surface area (Å²) in [7, 11) is 3.38. The third kappa shape index (κ3) is 4.82. The number of amides is 3. The van der Waals surface area contributed by atoms with E-state index < -0.39 is 18.5 Å². The molecule has 1 aromatic rings. The van der Waals surface area contributed by atoms with Gasteiger partial charge in [-0.2, -0.15) is 0 Å². The van der Waals surface area contributed by atoms with Crippen molar-refractivity contribution in [1.29, 1.82) is 0 Å². The molecule has 0 spiro atoms. The van der Waals surface area contributed by atoms with Crippen molar-refractivity contribution in [2.24, 2.45) is 0 Å². The topological polar surface area (TPSA) is 60.9 Å². The van der Waals surface area contributed by atoms with Gasteiger partial charge in [-0.05, 0) is 18.6 Å². The minimum absolute atomic E-state index is 0.386. The van der Waals surface area contributed by atoms with Gasteiger partial charge in [-0.25, -0.2) is 9.80 Å². The lowest BCUT2D eigenvalue weighted by Gasteiger charge is -2.31. The van der Waals surface area contributed by atoms with Gasteiger partial charge < -0.3 is 0 Å². The molecule has 0 unspecified atom stereocenters. The van der Waals surface area contributed by atoms with Crippen molar-refractivity contribution in [2.75, 3.05) is 27.2 Å². The van der Waals surface area contributed by atoms with E-state index in [4.69, 9.17) is 0 Å². The van der Waals surface area contributed by atoms with E-state index in [-0.39, 0.29) is 0 Å². The fourth-order valence-corrected chi connectivity index (χ4v) is 1.85. The van der Waals surface area contributed by atoms with E-state index in [0.717, 1.165) is 10.5 Å². The van der Waals surface area contributed by atoms with E-state index in [9.17, 15) is 14.4 Å². The average molecular weight is 302 g/mol. The summed E-state index contributed by atoms with van der Waals surface area (Å²) >= 11 is 0. The van der Waals surface area contributed by atoms with E-state index in [2.05, 4.69) is 0 Å². The summed E-state index contributed by atoms with van der Waals surface area (Å²) in [5.41, 5.74) is 0.832. The van der Waals surface area contributed by atoms with Crippen molar-refractivity contribution in [3.63, 3.8) is 0 Å². The van der Waals surface area contributed by atoms with Crippen LogP contribution in [0.1, 0.15) is 12.5 Å². The lowest BCUT2D eigenvalue weighted by molar-refractivity contribution is -0.123. The Kier molecular flexibility index (Phi) is 6.98. The standard InChI is InChI=1S/C16H20N3O3/c1-4-19(17(2)3)16(22)18(12-13-20)15(21)11-10-14-8-6-5-7-9-14/h5-11H,4,12H2,1-3H3. The van der Waals surface area contributed by atoms with Crippen molar-refractivity contribution in [2.45, 2.75) is 6.92 Å². The monoisotopic (exact) mass is 302 g/mol. The Bertz CT molecular complexity index is 541. The molecule has 0 saturated heterocycles. The van der Waals surface area contributed by atoms with Gasteiger partial charge in [0, 0.05) is 26.7 Å². The lowest BCUT2D eigenvalue weighted by atomic mass is 10.2. The summed E-state index contributed by atoms with van der Waals surface area (Å²) < 4.78 is 0. The first-order chi connectivity index (χ1) is 10.5. The molecule has 0 aliphatic carbocycles. The molecular weight excluding hydrogens is 282 g/mol. The molecule has 22 heavy (non-hydrogen) atoms. The molecule has 6 heteroatoms. The number of nitrogens with zero attached hydrogens (tertiary/aromatic N) is 3. The maximum atomic E-state index is 12.3. The molecule has 0 aliphatic heterocycles. The fraction of sp³-hybridized carbons (Fsp3) is 0.312. The summed E-state index contributed by atoms with van der Waals surface area (Å²) in [6.07, 6.45) is 4.47. The predicted octanol–water partition coefficient (Wildman–Crippen LogP) is 1.56. The van der Waals surface area contributed by atoms with E-state index >= 15 is 0 Å². The van der Waals surface area contributed by atoms with Crippen molar-refractivity contribution < 1.29 is 14.4 Å². The zero-order valence-corrected chi connectivity index (χ0v) is 13.0. The van der Waals surface area contributed by atoms with Crippen molar-refractivity contribution in [3.05, 3.63) is 42.0 Å². The zero-order chi connectivity index (χ0) is 16.5. The second kappa shape index (κ2) is 8.74. The van der Waals surface area contributed by atoms with Crippen LogP contribution in [0.25, 0.3) is 6.08 Å². The number of hydrazine groups is 1. The highest BCUT2D eigenvalue weighted by Gasteiger charge is 2.25. The molecule has 0 heterocycles. The van der Waals surface area contributed by atoms with Gasteiger partial charge in [0.2, 0.25) is 6.29 Å².